The predicted octanol–water partition coefficient (Wildman–Crippen LogP) is 2.08. The van der Waals surface area contributed by atoms with E-state index < -0.39 is 0 Å². The van der Waals surface area contributed by atoms with E-state index in [1.54, 1.807) is 0 Å². The number of aromatic nitrogens is 4. The summed E-state index contributed by atoms with van der Waals surface area (Å²) in [5, 5.41) is 5.62. The molecule has 0 radical (unpaired) electrons. The van der Waals surface area contributed by atoms with E-state index in [2.05, 4.69) is 15.1 Å². The first-order valence-corrected chi connectivity index (χ1v) is 7.65. The molecular formula is C12H16ClN5OS. The number of thioether (sulfide) groups is 1. The molecule has 2 aromatic rings. The van der Waals surface area contributed by atoms with E-state index >= 15 is 0 Å². The van der Waals surface area contributed by atoms with Gasteiger partial charge in [-0.05, 0) is 13.3 Å². The molecule has 8 heteroatoms. The van der Waals surface area contributed by atoms with Crippen LogP contribution in [-0.4, -0.2) is 19.7 Å². The summed E-state index contributed by atoms with van der Waals surface area (Å²) in [5.74, 6) is 0.784. The van der Waals surface area contributed by atoms with Gasteiger partial charge >= 0.3 is 0 Å². The standard InChI is InChI=1S/C12H16ClN5OS/c1-3-7-11(13)8(18(4-2)17-7)6-20-12-15-9(14)5-10(19)16-12/h5H,3-4,6H2,1-2H3,(H3,14,15,16,19). The molecule has 0 aromatic carbocycles. The first kappa shape index (κ1) is 14.9. The minimum Gasteiger partial charge on any atom is -0.383 e. The lowest BCUT2D eigenvalue weighted by Gasteiger charge is -2.05. The number of anilines is 1. The summed E-state index contributed by atoms with van der Waals surface area (Å²) >= 11 is 7.70. The average Bonchev–Trinajstić information content (AvgIpc) is 2.71. The van der Waals surface area contributed by atoms with Gasteiger partial charge in [0.1, 0.15) is 5.82 Å². The number of halogens is 1. The van der Waals surface area contributed by atoms with Gasteiger partial charge in [-0.15, -0.1) is 0 Å². The molecule has 2 heterocycles. The van der Waals surface area contributed by atoms with Crippen LogP contribution in [0.25, 0.3) is 0 Å². The predicted molar refractivity (Wildman–Crippen MR) is 81.1 cm³/mol. The van der Waals surface area contributed by atoms with E-state index in [1.807, 2.05) is 18.5 Å². The fourth-order valence-electron chi connectivity index (χ4n) is 1.81. The zero-order valence-electron chi connectivity index (χ0n) is 11.3. The Kier molecular flexibility index (Phi) is 4.72. The van der Waals surface area contributed by atoms with Crippen molar-refractivity contribution >= 4 is 29.2 Å². The Bertz CT molecular complexity index is 666. The van der Waals surface area contributed by atoms with Crippen molar-refractivity contribution in [1.82, 2.24) is 19.7 Å². The number of nitrogens with one attached hydrogen (secondary N) is 1. The van der Waals surface area contributed by atoms with Crippen LogP contribution < -0.4 is 11.3 Å². The Labute approximate surface area is 125 Å². The number of rotatable bonds is 5. The van der Waals surface area contributed by atoms with Gasteiger partial charge in [-0.1, -0.05) is 30.3 Å². The van der Waals surface area contributed by atoms with Gasteiger partial charge in [-0.3, -0.25) is 9.48 Å². The fraction of sp³-hybridized carbons (Fsp3) is 0.417. The Morgan fingerprint density at radius 3 is 2.85 bits per heavy atom. The molecule has 0 aliphatic heterocycles. The van der Waals surface area contributed by atoms with Crippen LogP contribution in [0.1, 0.15) is 25.2 Å². The SMILES string of the molecule is CCc1nn(CC)c(CSc2nc(N)cc(=O)[nH]2)c1Cl. The number of aryl methyl sites for hydroxylation is 2. The molecule has 6 nitrogen and oxygen atoms in total. The van der Waals surface area contributed by atoms with Crippen molar-refractivity contribution in [3.05, 3.63) is 32.8 Å². The number of H-pyrrole nitrogens is 1. The second-order valence-electron chi connectivity index (χ2n) is 4.14. The van der Waals surface area contributed by atoms with Crippen molar-refractivity contribution in [3.8, 4) is 0 Å². The minimum absolute atomic E-state index is 0.209. The smallest absolute Gasteiger partial charge is 0.253 e. The van der Waals surface area contributed by atoms with Gasteiger partial charge in [0.25, 0.3) is 5.56 Å². The van der Waals surface area contributed by atoms with Crippen LogP contribution >= 0.6 is 23.4 Å². The van der Waals surface area contributed by atoms with Gasteiger partial charge < -0.3 is 10.7 Å². The van der Waals surface area contributed by atoms with Crippen LogP contribution in [0.5, 0.6) is 0 Å². The average molecular weight is 314 g/mol. The van der Waals surface area contributed by atoms with Crippen LogP contribution in [0.3, 0.4) is 0 Å². The van der Waals surface area contributed by atoms with Crippen molar-refractivity contribution in [3.63, 3.8) is 0 Å². The molecule has 0 spiro atoms. The highest BCUT2D eigenvalue weighted by Crippen LogP contribution is 2.27. The van der Waals surface area contributed by atoms with Crippen LogP contribution in [-0.2, 0) is 18.7 Å². The molecule has 0 unspecified atom stereocenters. The third-order valence-electron chi connectivity index (χ3n) is 2.78. The largest absolute Gasteiger partial charge is 0.383 e. The van der Waals surface area contributed by atoms with Gasteiger partial charge in [0, 0.05) is 18.4 Å². The van der Waals surface area contributed by atoms with Gasteiger partial charge in [0.2, 0.25) is 0 Å². The van der Waals surface area contributed by atoms with Crippen LogP contribution in [0.4, 0.5) is 5.82 Å². The minimum atomic E-state index is -0.260. The molecule has 0 fully saturated rings. The Morgan fingerprint density at radius 1 is 1.50 bits per heavy atom. The second-order valence-corrected chi connectivity index (χ2v) is 5.48. The highest BCUT2D eigenvalue weighted by atomic mass is 35.5. The lowest BCUT2D eigenvalue weighted by Crippen LogP contribution is -2.09. The van der Waals surface area contributed by atoms with Crippen molar-refractivity contribution in [2.75, 3.05) is 5.73 Å². The number of hydrogen-bond acceptors (Lipinski definition) is 5. The lowest BCUT2D eigenvalue weighted by atomic mass is 10.3. The monoisotopic (exact) mass is 313 g/mol. The highest BCUT2D eigenvalue weighted by molar-refractivity contribution is 7.98. The van der Waals surface area contributed by atoms with Crippen molar-refractivity contribution in [2.24, 2.45) is 0 Å². The van der Waals surface area contributed by atoms with Crippen molar-refractivity contribution in [1.29, 1.82) is 0 Å². The Hall–Kier alpha value is -1.47. The van der Waals surface area contributed by atoms with Crippen LogP contribution in [0.2, 0.25) is 5.02 Å². The summed E-state index contributed by atoms with van der Waals surface area (Å²) in [6, 6.07) is 1.25. The molecule has 0 bridgehead atoms. The van der Waals surface area contributed by atoms with Crippen molar-refractivity contribution < 1.29 is 0 Å². The molecule has 108 valence electrons. The molecule has 3 N–H and O–H groups in total. The summed E-state index contributed by atoms with van der Waals surface area (Å²) in [6.45, 7) is 4.77. The zero-order chi connectivity index (χ0) is 14.7. The molecule has 0 aliphatic carbocycles. The first-order valence-electron chi connectivity index (χ1n) is 6.28. The van der Waals surface area contributed by atoms with Gasteiger partial charge in [0.15, 0.2) is 5.16 Å². The van der Waals surface area contributed by atoms with Crippen LogP contribution in [0.15, 0.2) is 16.0 Å². The molecule has 2 rings (SSSR count). The maximum absolute atomic E-state index is 11.3. The number of nitrogens with zero attached hydrogens (tertiary/aromatic N) is 3. The summed E-state index contributed by atoms with van der Waals surface area (Å²) in [4.78, 5) is 18.0. The van der Waals surface area contributed by atoms with E-state index in [4.69, 9.17) is 17.3 Å². The fourth-order valence-corrected chi connectivity index (χ4v) is 3.14. The number of hydrogen-bond donors (Lipinski definition) is 2. The number of nitrogen functional groups attached to an aromatic ring is 1. The number of nitrogens with two attached hydrogens (primary N) is 1. The van der Waals surface area contributed by atoms with E-state index in [0.717, 1.165) is 24.4 Å². The topological polar surface area (TPSA) is 89.6 Å². The molecule has 0 saturated heterocycles. The van der Waals surface area contributed by atoms with E-state index in [9.17, 15) is 4.79 Å². The summed E-state index contributed by atoms with van der Waals surface area (Å²) < 4.78 is 1.87. The quantitative estimate of drug-likeness (QED) is 0.651. The number of aromatic amines is 1. The van der Waals surface area contributed by atoms with E-state index in [1.165, 1.54) is 17.8 Å². The third-order valence-corrected chi connectivity index (χ3v) is 4.10. The zero-order valence-corrected chi connectivity index (χ0v) is 12.9. The van der Waals surface area contributed by atoms with Crippen LogP contribution in [0, 0.1) is 0 Å². The normalized spacial score (nSPS) is 10.9. The molecule has 0 atom stereocenters. The second kappa shape index (κ2) is 6.32. The first-order chi connectivity index (χ1) is 9.55. The third kappa shape index (κ3) is 3.16. The van der Waals surface area contributed by atoms with E-state index in [-0.39, 0.29) is 11.4 Å². The molecule has 2 aromatic heterocycles. The molecule has 0 saturated carbocycles. The summed E-state index contributed by atoms with van der Waals surface area (Å²) in [7, 11) is 0. The molecule has 20 heavy (non-hydrogen) atoms. The summed E-state index contributed by atoms with van der Waals surface area (Å²) in [6.07, 6.45) is 0.789. The maximum atomic E-state index is 11.3. The van der Waals surface area contributed by atoms with Gasteiger partial charge in [-0.25, -0.2) is 4.98 Å². The van der Waals surface area contributed by atoms with E-state index in [0.29, 0.717) is 15.9 Å². The Balaban J connectivity index is 2.22. The maximum Gasteiger partial charge on any atom is 0.253 e. The summed E-state index contributed by atoms with van der Waals surface area (Å²) in [5.41, 5.74) is 7.11. The van der Waals surface area contributed by atoms with Gasteiger partial charge in [0.05, 0.1) is 16.4 Å². The molecule has 0 amide bonds. The van der Waals surface area contributed by atoms with Gasteiger partial charge in [-0.2, -0.15) is 5.10 Å². The molecule has 0 aliphatic rings. The Morgan fingerprint density at radius 2 is 2.25 bits per heavy atom. The molecular weight excluding hydrogens is 298 g/mol. The van der Waals surface area contributed by atoms with Crippen molar-refractivity contribution in [2.45, 2.75) is 37.7 Å². The highest BCUT2D eigenvalue weighted by Gasteiger charge is 2.15. The lowest BCUT2D eigenvalue weighted by molar-refractivity contribution is 0.628.